The number of aryl methyl sites for hydroxylation is 2. The molecule has 1 atom stereocenters. The van der Waals surface area contributed by atoms with Gasteiger partial charge in [-0.2, -0.15) is 0 Å². The van der Waals surface area contributed by atoms with Gasteiger partial charge in [-0.15, -0.1) is 0 Å². The van der Waals surface area contributed by atoms with Crippen molar-refractivity contribution >= 4 is 6.08 Å². The molecule has 0 fully saturated rings. The van der Waals surface area contributed by atoms with Crippen molar-refractivity contribution < 1.29 is 5.11 Å². The van der Waals surface area contributed by atoms with Gasteiger partial charge in [0.2, 0.25) is 0 Å². The van der Waals surface area contributed by atoms with Crippen LogP contribution < -0.4 is 0 Å². The highest BCUT2D eigenvalue weighted by molar-refractivity contribution is 5.69. The van der Waals surface area contributed by atoms with Crippen LogP contribution in [0.1, 0.15) is 54.5 Å². The minimum atomic E-state index is -0.360. The molecule has 16 heavy (non-hydrogen) atoms. The number of aliphatic hydroxyl groups is 1. The van der Waals surface area contributed by atoms with Crippen molar-refractivity contribution in [2.75, 3.05) is 0 Å². The Labute approximate surface area is 97.8 Å². The molecule has 1 aromatic carbocycles. The summed E-state index contributed by atoms with van der Waals surface area (Å²) in [6.45, 7) is 6.38. The molecular formula is C15H20O. The van der Waals surface area contributed by atoms with E-state index in [0.29, 0.717) is 0 Å². The fourth-order valence-electron chi connectivity index (χ4n) is 2.45. The number of hydrogen-bond acceptors (Lipinski definition) is 1. The van der Waals surface area contributed by atoms with Gasteiger partial charge in [0, 0.05) is 0 Å². The van der Waals surface area contributed by atoms with Crippen LogP contribution in [0.25, 0.3) is 6.08 Å². The van der Waals surface area contributed by atoms with Gasteiger partial charge in [-0.05, 0) is 54.5 Å². The highest BCUT2D eigenvalue weighted by atomic mass is 16.3. The van der Waals surface area contributed by atoms with E-state index >= 15 is 0 Å². The van der Waals surface area contributed by atoms with Gasteiger partial charge < -0.3 is 5.11 Å². The van der Waals surface area contributed by atoms with E-state index in [0.717, 1.165) is 18.4 Å². The minimum Gasteiger partial charge on any atom is -0.384 e. The molecule has 0 saturated carbocycles. The largest absolute Gasteiger partial charge is 0.384 e. The molecule has 0 bridgehead atoms. The predicted octanol–water partition coefficient (Wildman–Crippen LogP) is 3.92. The Balaban J connectivity index is 2.36. The topological polar surface area (TPSA) is 20.2 Å². The Kier molecular flexibility index (Phi) is 3.15. The molecule has 86 valence electrons. The third kappa shape index (κ3) is 1.80. The average Bonchev–Trinajstić information content (AvgIpc) is 2.60. The zero-order valence-electron chi connectivity index (χ0n) is 10.4. The van der Waals surface area contributed by atoms with Gasteiger partial charge in [0.1, 0.15) is 6.10 Å². The molecule has 1 aliphatic rings. The van der Waals surface area contributed by atoms with E-state index in [2.05, 4.69) is 39.0 Å². The second kappa shape index (κ2) is 4.42. The summed E-state index contributed by atoms with van der Waals surface area (Å²) in [6.07, 6.45) is 5.19. The molecule has 0 heterocycles. The molecule has 1 heteroatoms. The molecule has 1 N–H and O–H groups in total. The molecule has 2 rings (SSSR count). The number of fused-ring (bicyclic) bond motifs is 1. The zero-order chi connectivity index (χ0) is 11.7. The van der Waals surface area contributed by atoms with Gasteiger partial charge in [0.15, 0.2) is 0 Å². The first-order chi connectivity index (χ1) is 7.65. The Hall–Kier alpha value is -1.08. The highest BCUT2D eigenvalue weighted by Crippen LogP contribution is 2.40. The van der Waals surface area contributed by atoms with Crippen molar-refractivity contribution in [3.05, 3.63) is 40.0 Å². The summed E-state index contributed by atoms with van der Waals surface area (Å²) in [7, 11) is 0. The van der Waals surface area contributed by atoms with Gasteiger partial charge in [-0.3, -0.25) is 0 Å². The summed E-state index contributed by atoms with van der Waals surface area (Å²) >= 11 is 0. The molecule has 0 radical (unpaired) electrons. The number of rotatable bonds is 3. The summed E-state index contributed by atoms with van der Waals surface area (Å²) < 4.78 is 0. The van der Waals surface area contributed by atoms with Crippen LogP contribution in [0, 0.1) is 13.8 Å². The summed E-state index contributed by atoms with van der Waals surface area (Å²) in [5.41, 5.74) is 6.04. The SMILES string of the molecule is CCCCC1=Cc2c(C)ccc(C)c2C1O. The first-order valence-corrected chi connectivity index (χ1v) is 6.13. The van der Waals surface area contributed by atoms with Gasteiger partial charge in [-0.25, -0.2) is 0 Å². The molecule has 0 amide bonds. The highest BCUT2D eigenvalue weighted by Gasteiger charge is 2.25. The van der Waals surface area contributed by atoms with Crippen LogP contribution in [0.4, 0.5) is 0 Å². The van der Waals surface area contributed by atoms with Crippen LogP contribution >= 0.6 is 0 Å². The second-order valence-corrected chi connectivity index (χ2v) is 4.75. The molecule has 1 unspecified atom stereocenters. The number of unbranched alkanes of at least 4 members (excludes halogenated alkanes) is 1. The molecule has 0 aromatic heterocycles. The number of benzene rings is 1. The van der Waals surface area contributed by atoms with Crippen molar-refractivity contribution in [2.45, 2.75) is 46.1 Å². The molecule has 0 spiro atoms. The van der Waals surface area contributed by atoms with Gasteiger partial charge in [0.05, 0.1) is 0 Å². The lowest BCUT2D eigenvalue weighted by atomic mass is 9.97. The van der Waals surface area contributed by atoms with E-state index < -0.39 is 0 Å². The van der Waals surface area contributed by atoms with Crippen LogP contribution in [0.15, 0.2) is 17.7 Å². The minimum absolute atomic E-state index is 0.360. The van der Waals surface area contributed by atoms with Crippen molar-refractivity contribution in [3.63, 3.8) is 0 Å². The first kappa shape index (κ1) is 11.4. The van der Waals surface area contributed by atoms with Gasteiger partial charge >= 0.3 is 0 Å². The normalized spacial score (nSPS) is 18.5. The maximum Gasteiger partial charge on any atom is 0.101 e. The van der Waals surface area contributed by atoms with Crippen LogP contribution in [0.5, 0.6) is 0 Å². The molecule has 1 aliphatic carbocycles. The predicted molar refractivity (Wildman–Crippen MR) is 68.4 cm³/mol. The maximum absolute atomic E-state index is 10.3. The fourth-order valence-corrected chi connectivity index (χ4v) is 2.45. The van der Waals surface area contributed by atoms with Crippen molar-refractivity contribution in [2.24, 2.45) is 0 Å². The van der Waals surface area contributed by atoms with Crippen LogP contribution in [-0.2, 0) is 0 Å². The molecule has 1 aromatic rings. The van der Waals surface area contributed by atoms with E-state index in [1.807, 2.05) is 0 Å². The number of hydrogen-bond donors (Lipinski definition) is 1. The fraction of sp³-hybridized carbons (Fsp3) is 0.467. The standard InChI is InChI=1S/C15H20O/c1-4-5-6-12-9-13-10(2)7-8-11(3)14(13)15(12)16/h7-9,15-16H,4-6H2,1-3H3. The molecule has 1 nitrogen and oxygen atoms in total. The van der Waals surface area contributed by atoms with Crippen molar-refractivity contribution in [1.82, 2.24) is 0 Å². The summed E-state index contributed by atoms with van der Waals surface area (Å²) in [4.78, 5) is 0. The summed E-state index contributed by atoms with van der Waals surface area (Å²) in [5.74, 6) is 0. The Bertz CT molecular complexity index is 429. The molecular weight excluding hydrogens is 196 g/mol. The van der Waals surface area contributed by atoms with Crippen LogP contribution in [0.3, 0.4) is 0 Å². The average molecular weight is 216 g/mol. The van der Waals surface area contributed by atoms with E-state index in [1.165, 1.54) is 28.7 Å². The molecule has 0 saturated heterocycles. The lowest BCUT2D eigenvalue weighted by Gasteiger charge is -2.13. The van der Waals surface area contributed by atoms with Crippen molar-refractivity contribution in [1.29, 1.82) is 0 Å². The van der Waals surface area contributed by atoms with Gasteiger partial charge in [-0.1, -0.05) is 31.6 Å². The van der Waals surface area contributed by atoms with E-state index in [4.69, 9.17) is 0 Å². The van der Waals surface area contributed by atoms with E-state index in [-0.39, 0.29) is 6.10 Å². The lowest BCUT2D eigenvalue weighted by molar-refractivity contribution is 0.214. The summed E-state index contributed by atoms with van der Waals surface area (Å²) in [5, 5.41) is 10.3. The van der Waals surface area contributed by atoms with E-state index in [1.54, 1.807) is 0 Å². The second-order valence-electron chi connectivity index (χ2n) is 4.75. The first-order valence-electron chi connectivity index (χ1n) is 6.13. The smallest absolute Gasteiger partial charge is 0.101 e. The Morgan fingerprint density at radius 1 is 1.19 bits per heavy atom. The summed E-state index contributed by atoms with van der Waals surface area (Å²) in [6, 6.07) is 4.24. The monoisotopic (exact) mass is 216 g/mol. The maximum atomic E-state index is 10.3. The van der Waals surface area contributed by atoms with Crippen LogP contribution in [0.2, 0.25) is 0 Å². The van der Waals surface area contributed by atoms with E-state index in [9.17, 15) is 5.11 Å². The molecule has 0 aliphatic heterocycles. The Morgan fingerprint density at radius 2 is 1.88 bits per heavy atom. The lowest BCUT2D eigenvalue weighted by Crippen LogP contribution is -2.00. The quantitative estimate of drug-likeness (QED) is 0.811. The third-order valence-electron chi connectivity index (χ3n) is 3.50. The van der Waals surface area contributed by atoms with Gasteiger partial charge in [0.25, 0.3) is 0 Å². The van der Waals surface area contributed by atoms with Crippen molar-refractivity contribution in [3.8, 4) is 0 Å². The van der Waals surface area contributed by atoms with Crippen LogP contribution in [-0.4, -0.2) is 5.11 Å². The zero-order valence-corrected chi connectivity index (χ0v) is 10.4. The Morgan fingerprint density at radius 3 is 2.50 bits per heavy atom. The number of aliphatic hydroxyl groups excluding tert-OH is 1. The third-order valence-corrected chi connectivity index (χ3v) is 3.50.